The first-order chi connectivity index (χ1) is 12.9. The third kappa shape index (κ3) is 4.73. The Morgan fingerprint density at radius 2 is 2.19 bits per heavy atom. The Labute approximate surface area is 152 Å². The topological polar surface area (TPSA) is 87.3 Å². The number of hydrogen-bond donors (Lipinski definition) is 2. The lowest BCUT2D eigenvalue weighted by Crippen LogP contribution is -2.34. The number of alkyl halides is 3. The summed E-state index contributed by atoms with van der Waals surface area (Å²) in [6, 6.07) is 6.76. The summed E-state index contributed by atoms with van der Waals surface area (Å²) in [5.74, 6) is 0.653. The number of carbonyl (C=O) groups is 1. The fourth-order valence-corrected chi connectivity index (χ4v) is 2.94. The summed E-state index contributed by atoms with van der Waals surface area (Å²) < 4.78 is 46.8. The van der Waals surface area contributed by atoms with Crippen molar-refractivity contribution < 1.29 is 27.1 Å². The van der Waals surface area contributed by atoms with Gasteiger partial charge in [0.15, 0.2) is 6.61 Å². The number of rotatable bonds is 4. The van der Waals surface area contributed by atoms with Crippen LogP contribution in [-0.2, 0) is 6.42 Å². The van der Waals surface area contributed by atoms with Gasteiger partial charge in [0.1, 0.15) is 17.6 Å². The molecule has 1 aliphatic rings. The lowest BCUT2D eigenvalue weighted by atomic mass is 9.93. The largest absolute Gasteiger partial charge is 0.483 e. The highest BCUT2D eigenvalue weighted by atomic mass is 19.4. The first-order valence-electron chi connectivity index (χ1n) is 8.23. The van der Waals surface area contributed by atoms with Crippen molar-refractivity contribution in [2.75, 3.05) is 11.9 Å². The molecule has 142 valence electrons. The maximum absolute atomic E-state index is 12.3. The number of benzene rings is 1. The van der Waals surface area contributed by atoms with E-state index < -0.39 is 18.8 Å². The Kier molecular flexibility index (Phi) is 5.26. The molecule has 1 atom stereocenters. The molecular weight excluding hydrogens is 363 g/mol. The van der Waals surface area contributed by atoms with Crippen LogP contribution in [0.2, 0.25) is 0 Å². The average Bonchev–Trinajstić information content (AvgIpc) is 3.09. The standard InChI is InChI=1S/C18H16F3N3O3/c19-18(20,21)10-27-15-5-4-12(8-11(15)9-22)23-17(25)24-14-2-1-3-16-13(14)6-7-26-16/h4-8,14H,1-3,10H2,(H2,23,24,25). The van der Waals surface area contributed by atoms with Gasteiger partial charge in [0.25, 0.3) is 0 Å². The molecule has 1 aromatic carbocycles. The van der Waals surface area contributed by atoms with Crippen molar-refractivity contribution in [3.8, 4) is 11.8 Å². The van der Waals surface area contributed by atoms with E-state index in [0.29, 0.717) is 0 Å². The predicted octanol–water partition coefficient (Wildman–Crippen LogP) is 4.29. The Morgan fingerprint density at radius 3 is 2.93 bits per heavy atom. The number of hydrogen-bond acceptors (Lipinski definition) is 4. The number of nitriles is 1. The van der Waals surface area contributed by atoms with Crippen molar-refractivity contribution in [1.82, 2.24) is 5.32 Å². The van der Waals surface area contributed by atoms with E-state index in [2.05, 4.69) is 15.4 Å². The van der Waals surface area contributed by atoms with Crippen LogP contribution >= 0.6 is 0 Å². The van der Waals surface area contributed by atoms with Gasteiger partial charge in [0.05, 0.1) is 17.9 Å². The Hall–Kier alpha value is -3.15. The molecule has 1 heterocycles. The van der Waals surface area contributed by atoms with Gasteiger partial charge in [0.2, 0.25) is 0 Å². The van der Waals surface area contributed by atoms with Crippen LogP contribution in [0.3, 0.4) is 0 Å². The van der Waals surface area contributed by atoms with Crippen molar-refractivity contribution in [2.24, 2.45) is 0 Å². The van der Waals surface area contributed by atoms with Gasteiger partial charge in [-0.15, -0.1) is 0 Å². The van der Waals surface area contributed by atoms with Crippen LogP contribution in [0.15, 0.2) is 34.9 Å². The van der Waals surface area contributed by atoms with Crippen molar-refractivity contribution in [3.05, 3.63) is 47.4 Å². The molecule has 0 spiro atoms. The zero-order valence-electron chi connectivity index (χ0n) is 14.1. The van der Waals surface area contributed by atoms with E-state index in [1.54, 1.807) is 12.3 Å². The number of nitrogens with zero attached hydrogens (tertiary/aromatic N) is 1. The van der Waals surface area contributed by atoms with Crippen LogP contribution in [-0.4, -0.2) is 18.8 Å². The van der Waals surface area contributed by atoms with Gasteiger partial charge in [-0.2, -0.15) is 18.4 Å². The number of nitrogens with one attached hydrogen (secondary N) is 2. The lowest BCUT2D eigenvalue weighted by molar-refractivity contribution is -0.153. The molecule has 1 unspecified atom stereocenters. The maximum atomic E-state index is 12.3. The first kappa shape index (κ1) is 18.6. The molecule has 0 saturated carbocycles. The zero-order chi connectivity index (χ0) is 19.4. The highest BCUT2D eigenvalue weighted by Gasteiger charge is 2.29. The monoisotopic (exact) mass is 379 g/mol. The second-order valence-corrected chi connectivity index (χ2v) is 6.07. The van der Waals surface area contributed by atoms with Gasteiger partial charge in [0, 0.05) is 17.7 Å². The SMILES string of the molecule is N#Cc1cc(NC(=O)NC2CCCc3occc32)ccc1OCC(F)(F)F. The van der Waals surface area contributed by atoms with Crippen LogP contribution in [0.5, 0.6) is 5.75 Å². The summed E-state index contributed by atoms with van der Waals surface area (Å²) in [4.78, 5) is 12.2. The molecule has 0 radical (unpaired) electrons. The third-order valence-electron chi connectivity index (χ3n) is 4.11. The number of halogens is 3. The molecule has 1 aromatic heterocycles. The molecule has 0 aliphatic heterocycles. The molecule has 9 heteroatoms. The summed E-state index contributed by atoms with van der Waals surface area (Å²) in [5.41, 5.74) is 1.10. The molecule has 0 saturated heterocycles. The summed E-state index contributed by atoms with van der Waals surface area (Å²) in [5, 5.41) is 14.5. The van der Waals surface area contributed by atoms with Crippen molar-refractivity contribution >= 4 is 11.7 Å². The van der Waals surface area contributed by atoms with Gasteiger partial charge in [-0.1, -0.05) is 0 Å². The number of furan rings is 1. The first-order valence-corrected chi connectivity index (χ1v) is 8.23. The maximum Gasteiger partial charge on any atom is 0.422 e. The van der Waals surface area contributed by atoms with Gasteiger partial charge >= 0.3 is 12.2 Å². The number of ether oxygens (including phenoxy) is 1. The van der Waals surface area contributed by atoms with Gasteiger partial charge < -0.3 is 19.8 Å². The predicted molar refractivity (Wildman–Crippen MR) is 89.2 cm³/mol. The number of urea groups is 1. The van der Waals surface area contributed by atoms with Crippen LogP contribution in [0.1, 0.15) is 35.8 Å². The van der Waals surface area contributed by atoms with Crippen LogP contribution in [0.4, 0.5) is 23.7 Å². The summed E-state index contributed by atoms with van der Waals surface area (Å²) in [7, 11) is 0. The minimum atomic E-state index is -4.50. The molecule has 1 aliphatic carbocycles. The van der Waals surface area contributed by atoms with Gasteiger partial charge in [-0.05, 0) is 37.1 Å². The molecule has 3 rings (SSSR count). The molecule has 2 amide bonds. The van der Waals surface area contributed by atoms with Crippen LogP contribution in [0, 0.1) is 11.3 Å². The Balaban J connectivity index is 1.64. The molecule has 0 fully saturated rings. The van der Waals surface area contributed by atoms with Gasteiger partial charge in [-0.25, -0.2) is 4.79 Å². The van der Waals surface area contributed by atoms with Gasteiger partial charge in [-0.3, -0.25) is 0 Å². The number of anilines is 1. The van der Waals surface area contributed by atoms with E-state index in [9.17, 15) is 18.0 Å². The zero-order valence-corrected chi connectivity index (χ0v) is 14.1. The van der Waals surface area contributed by atoms with E-state index in [0.717, 1.165) is 30.6 Å². The molecule has 27 heavy (non-hydrogen) atoms. The summed E-state index contributed by atoms with van der Waals surface area (Å²) >= 11 is 0. The minimum absolute atomic E-state index is 0.105. The average molecular weight is 379 g/mol. The number of carbonyl (C=O) groups excluding carboxylic acids is 1. The molecular formula is C18H16F3N3O3. The highest BCUT2D eigenvalue weighted by molar-refractivity contribution is 5.90. The fraction of sp³-hybridized carbons (Fsp3) is 0.333. The summed E-state index contributed by atoms with van der Waals surface area (Å²) in [6.45, 7) is -1.50. The van der Waals surface area contributed by atoms with E-state index in [-0.39, 0.29) is 23.0 Å². The van der Waals surface area contributed by atoms with E-state index in [1.807, 2.05) is 6.07 Å². The van der Waals surface area contributed by atoms with E-state index in [1.165, 1.54) is 18.2 Å². The Bertz CT molecular complexity index is 871. The number of amides is 2. The number of fused-ring (bicyclic) bond motifs is 1. The van der Waals surface area contributed by atoms with Crippen molar-refractivity contribution in [1.29, 1.82) is 5.26 Å². The van der Waals surface area contributed by atoms with Crippen LogP contribution < -0.4 is 15.4 Å². The normalized spacial score (nSPS) is 16.1. The minimum Gasteiger partial charge on any atom is -0.483 e. The second-order valence-electron chi connectivity index (χ2n) is 6.07. The molecule has 2 N–H and O–H groups in total. The van der Waals surface area contributed by atoms with Crippen molar-refractivity contribution in [3.63, 3.8) is 0 Å². The molecule has 6 nitrogen and oxygen atoms in total. The van der Waals surface area contributed by atoms with Crippen molar-refractivity contribution in [2.45, 2.75) is 31.5 Å². The fourth-order valence-electron chi connectivity index (χ4n) is 2.94. The summed E-state index contributed by atoms with van der Waals surface area (Å²) in [6.07, 6.45) is -0.438. The van der Waals surface area contributed by atoms with E-state index in [4.69, 9.17) is 9.68 Å². The lowest BCUT2D eigenvalue weighted by Gasteiger charge is -2.23. The Morgan fingerprint density at radius 1 is 1.37 bits per heavy atom. The smallest absolute Gasteiger partial charge is 0.422 e. The van der Waals surface area contributed by atoms with E-state index >= 15 is 0 Å². The third-order valence-corrected chi connectivity index (χ3v) is 4.11. The number of aryl methyl sites for hydroxylation is 1. The second kappa shape index (κ2) is 7.61. The molecule has 2 aromatic rings. The highest BCUT2D eigenvalue weighted by Crippen LogP contribution is 2.30. The molecule has 0 bridgehead atoms. The van der Waals surface area contributed by atoms with Crippen LogP contribution in [0.25, 0.3) is 0 Å². The quantitative estimate of drug-likeness (QED) is 0.830.